The molecule has 3 aromatic heterocycles. The van der Waals surface area contributed by atoms with Crippen LogP contribution in [0.25, 0.3) is 9.88 Å². The minimum atomic E-state index is 0.319. The van der Waals surface area contributed by atoms with Gasteiger partial charge in [0.15, 0.2) is 5.82 Å². The van der Waals surface area contributed by atoms with Gasteiger partial charge >= 0.3 is 0 Å². The van der Waals surface area contributed by atoms with Crippen LogP contribution in [0.15, 0.2) is 22.0 Å². The first-order chi connectivity index (χ1) is 10.6. The van der Waals surface area contributed by atoms with Crippen molar-refractivity contribution in [3.05, 3.63) is 39.3 Å². The Morgan fingerprint density at radius 3 is 2.95 bits per heavy atom. The van der Waals surface area contributed by atoms with Crippen LogP contribution in [-0.4, -0.2) is 28.2 Å². The Balaban J connectivity index is 1.67. The Bertz CT molecular complexity index is 751. The van der Waals surface area contributed by atoms with Gasteiger partial charge in [0.05, 0.1) is 21.3 Å². The van der Waals surface area contributed by atoms with Crippen LogP contribution in [0.3, 0.4) is 0 Å². The molecule has 3 heterocycles. The highest BCUT2D eigenvalue weighted by Gasteiger charge is 2.13. The highest BCUT2D eigenvalue weighted by molar-refractivity contribution is 7.23. The monoisotopic (exact) mass is 354 g/mol. The average Bonchev–Trinajstić information content (AvgIpc) is 3.21. The molecule has 0 spiro atoms. The largest absolute Gasteiger partial charge is 0.339 e. The van der Waals surface area contributed by atoms with Gasteiger partial charge in [-0.1, -0.05) is 16.8 Å². The summed E-state index contributed by atoms with van der Waals surface area (Å²) in [4.78, 5) is 10.1. The highest BCUT2D eigenvalue weighted by atomic mass is 35.5. The molecule has 0 aliphatic carbocycles. The minimum absolute atomic E-state index is 0.319. The summed E-state index contributed by atoms with van der Waals surface area (Å²) in [7, 11) is 1.92. The molecule has 3 rings (SSSR count). The van der Waals surface area contributed by atoms with E-state index in [2.05, 4.69) is 27.4 Å². The Labute approximate surface area is 141 Å². The predicted molar refractivity (Wildman–Crippen MR) is 89.8 cm³/mol. The number of thiazole rings is 1. The molecule has 22 heavy (non-hydrogen) atoms. The molecule has 0 radical (unpaired) electrons. The Kier molecular flexibility index (Phi) is 4.87. The summed E-state index contributed by atoms with van der Waals surface area (Å²) in [5.74, 6) is 1.32. The van der Waals surface area contributed by atoms with E-state index in [1.165, 1.54) is 11.3 Å². The van der Waals surface area contributed by atoms with E-state index in [0.29, 0.717) is 18.4 Å². The first-order valence-corrected chi connectivity index (χ1v) is 8.90. The lowest BCUT2D eigenvalue weighted by atomic mass is 10.2. The van der Waals surface area contributed by atoms with E-state index in [1.54, 1.807) is 11.3 Å². The lowest BCUT2D eigenvalue weighted by Crippen LogP contribution is -2.24. The summed E-state index contributed by atoms with van der Waals surface area (Å²) >= 11 is 9.09. The quantitative estimate of drug-likeness (QED) is 0.732. The molecule has 0 aliphatic rings. The SMILES string of the molecule is CNC(C)Cc1noc(Cc2csc(-c3ccc(Cl)s3)n2)n1. The number of likely N-dealkylation sites (N-methyl/N-ethyl adjacent to an activating group) is 1. The summed E-state index contributed by atoms with van der Waals surface area (Å²) in [6, 6.07) is 4.19. The van der Waals surface area contributed by atoms with Crippen molar-refractivity contribution in [1.29, 1.82) is 0 Å². The van der Waals surface area contributed by atoms with Crippen molar-refractivity contribution in [2.45, 2.75) is 25.8 Å². The molecule has 1 unspecified atom stereocenters. The van der Waals surface area contributed by atoms with Gasteiger partial charge in [0, 0.05) is 17.8 Å². The number of nitrogens with one attached hydrogen (secondary N) is 1. The summed E-state index contributed by atoms with van der Waals surface area (Å²) < 4.78 is 6.06. The summed E-state index contributed by atoms with van der Waals surface area (Å²) in [5, 5.41) is 10.1. The molecular formula is C14H15ClN4OS2. The molecule has 0 saturated carbocycles. The topological polar surface area (TPSA) is 63.8 Å². The summed E-state index contributed by atoms with van der Waals surface area (Å²) in [5.41, 5.74) is 0.932. The van der Waals surface area contributed by atoms with Gasteiger partial charge in [-0.15, -0.1) is 22.7 Å². The molecule has 0 amide bonds. The fraction of sp³-hybridized carbons (Fsp3) is 0.357. The van der Waals surface area contributed by atoms with E-state index in [1.807, 2.05) is 24.6 Å². The molecule has 0 aliphatic heterocycles. The van der Waals surface area contributed by atoms with E-state index in [0.717, 1.165) is 32.2 Å². The summed E-state index contributed by atoms with van der Waals surface area (Å²) in [6.07, 6.45) is 1.30. The average molecular weight is 355 g/mol. The molecule has 0 aromatic carbocycles. The third-order valence-corrected chi connectivity index (χ3v) is 5.45. The van der Waals surface area contributed by atoms with Crippen molar-refractivity contribution in [3.63, 3.8) is 0 Å². The molecule has 1 atom stereocenters. The van der Waals surface area contributed by atoms with Crippen LogP contribution in [0.4, 0.5) is 0 Å². The second-order valence-electron chi connectivity index (χ2n) is 4.92. The minimum Gasteiger partial charge on any atom is -0.339 e. The number of aromatic nitrogens is 3. The van der Waals surface area contributed by atoms with Gasteiger partial charge in [0.2, 0.25) is 5.89 Å². The van der Waals surface area contributed by atoms with E-state index in [4.69, 9.17) is 16.1 Å². The van der Waals surface area contributed by atoms with Crippen molar-refractivity contribution in [2.75, 3.05) is 7.05 Å². The fourth-order valence-electron chi connectivity index (χ4n) is 1.91. The Morgan fingerprint density at radius 1 is 1.36 bits per heavy atom. The van der Waals surface area contributed by atoms with Crippen LogP contribution in [0.1, 0.15) is 24.3 Å². The third kappa shape index (κ3) is 3.73. The van der Waals surface area contributed by atoms with Crippen molar-refractivity contribution in [1.82, 2.24) is 20.4 Å². The number of hydrogen-bond acceptors (Lipinski definition) is 7. The van der Waals surface area contributed by atoms with E-state index < -0.39 is 0 Å². The second-order valence-corrected chi connectivity index (χ2v) is 7.50. The highest BCUT2D eigenvalue weighted by Crippen LogP contribution is 2.33. The Hall–Kier alpha value is -1.28. The van der Waals surface area contributed by atoms with E-state index >= 15 is 0 Å². The maximum absolute atomic E-state index is 5.96. The molecule has 0 fully saturated rings. The first-order valence-electron chi connectivity index (χ1n) is 6.83. The lowest BCUT2D eigenvalue weighted by Gasteiger charge is -2.04. The number of hydrogen-bond donors (Lipinski definition) is 1. The van der Waals surface area contributed by atoms with Gasteiger partial charge in [-0.3, -0.25) is 0 Å². The maximum Gasteiger partial charge on any atom is 0.232 e. The zero-order valence-electron chi connectivity index (χ0n) is 12.2. The van der Waals surface area contributed by atoms with Crippen LogP contribution in [0.2, 0.25) is 4.34 Å². The molecule has 1 N–H and O–H groups in total. The van der Waals surface area contributed by atoms with Crippen LogP contribution >= 0.6 is 34.3 Å². The zero-order valence-corrected chi connectivity index (χ0v) is 14.6. The number of halogens is 1. The van der Waals surface area contributed by atoms with Gasteiger partial charge in [0.25, 0.3) is 0 Å². The summed E-state index contributed by atoms with van der Waals surface area (Å²) in [6.45, 7) is 2.08. The molecule has 0 bridgehead atoms. The third-order valence-electron chi connectivity index (χ3n) is 3.16. The molecule has 0 saturated heterocycles. The second kappa shape index (κ2) is 6.87. The van der Waals surface area contributed by atoms with Crippen molar-refractivity contribution in [3.8, 4) is 9.88 Å². The van der Waals surface area contributed by atoms with Crippen LogP contribution in [0, 0.1) is 0 Å². The van der Waals surface area contributed by atoms with Crippen molar-refractivity contribution < 1.29 is 4.52 Å². The normalized spacial score (nSPS) is 12.7. The Morgan fingerprint density at radius 2 is 2.23 bits per heavy atom. The predicted octanol–water partition coefficient (Wildman–Crippen LogP) is 3.65. The number of nitrogens with zero attached hydrogens (tertiary/aromatic N) is 3. The zero-order chi connectivity index (χ0) is 15.5. The van der Waals surface area contributed by atoms with Gasteiger partial charge in [0.1, 0.15) is 5.01 Å². The van der Waals surface area contributed by atoms with Crippen LogP contribution in [0.5, 0.6) is 0 Å². The van der Waals surface area contributed by atoms with E-state index in [9.17, 15) is 0 Å². The van der Waals surface area contributed by atoms with Gasteiger partial charge < -0.3 is 9.84 Å². The number of thiophene rings is 1. The molecular weight excluding hydrogens is 340 g/mol. The molecule has 8 heteroatoms. The molecule has 5 nitrogen and oxygen atoms in total. The van der Waals surface area contributed by atoms with Crippen LogP contribution < -0.4 is 5.32 Å². The van der Waals surface area contributed by atoms with Crippen molar-refractivity contribution in [2.24, 2.45) is 0 Å². The first kappa shape index (κ1) is 15.6. The smallest absolute Gasteiger partial charge is 0.232 e. The molecule has 116 valence electrons. The standard InChI is InChI=1S/C14H15ClN4OS2/c1-8(16-2)5-12-18-13(20-19-12)6-9-7-21-14(17-9)10-3-4-11(15)22-10/h3-4,7-8,16H,5-6H2,1-2H3. The van der Waals surface area contributed by atoms with Gasteiger partial charge in [-0.2, -0.15) is 4.98 Å². The van der Waals surface area contributed by atoms with Gasteiger partial charge in [-0.05, 0) is 26.1 Å². The van der Waals surface area contributed by atoms with Crippen LogP contribution in [-0.2, 0) is 12.8 Å². The van der Waals surface area contributed by atoms with Crippen molar-refractivity contribution >= 4 is 34.3 Å². The van der Waals surface area contributed by atoms with Gasteiger partial charge in [-0.25, -0.2) is 4.98 Å². The fourth-order valence-corrected chi connectivity index (χ4v) is 3.84. The lowest BCUT2D eigenvalue weighted by molar-refractivity contribution is 0.376. The number of rotatable bonds is 6. The molecule has 3 aromatic rings. The maximum atomic E-state index is 5.96. The van der Waals surface area contributed by atoms with E-state index in [-0.39, 0.29) is 0 Å².